The van der Waals surface area contributed by atoms with Gasteiger partial charge < -0.3 is 10.4 Å². The van der Waals surface area contributed by atoms with Gasteiger partial charge in [-0.2, -0.15) is 5.21 Å². The van der Waals surface area contributed by atoms with E-state index in [1.807, 2.05) is 0 Å². The molecule has 0 radical (unpaired) electrons. The van der Waals surface area contributed by atoms with Crippen molar-refractivity contribution in [2.45, 2.75) is 18.9 Å². The SMILES string of the molecule is C1C[NH2+][C@H](c2nnn[n-]2)C1. The molecule has 0 saturated carbocycles. The van der Waals surface area contributed by atoms with E-state index in [2.05, 4.69) is 25.9 Å². The van der Waals surface area contributed by atoms with Crippen LogP contribution in [0, 0.1) is 0 Å². The molecule has 0 aliphatic carbocycles. The molecule has 1 fully saturated rings. The van der Waals surface area contributed by atoms with E-state index in [9.17, 15) is 0 Å². The van der Waals surface area contributed by atoms with Crippen LogP contribution in [0.25, 0.3) is 0 Å². The van der Waals surface area contributed by atoms with E-state index in [1.165, 1.54) is 13.0 Å². The predicted molar refractivity (Wildman–Crippen MR) is 31.9 cm³/mol. The number of rotatable bonds is 1. The Hall–Kier alpha value is -0.970. The molecule has 1 aromatic rings. The first-order valence-electron chi connectivity index (χ1n) is 3.49. The van der Waals surface area contributed by atoms with Gasteiger partial charge in [0.05, 0.1) is 12.4 Å². The maximum atomic E-state index is 3.79. The molecule has 0 unspecified atom stereocenters. The van der Waals surface area contributed by atoms with Gasteiger partial charge in [-0.05, 0) is 0 Å². The summed E-state index contributed by atoms with van der Waals surface area (Å²) in [6.07, 6.45) is 2.41. The van der Waals surface area contributed by atoms with E-state index in [4.69, 9.17) is 0 Å². The van der Waals surface area contributed by atoms with Crippen molar-refractivity contribution < 1.29 is 5.32 Å². The van der Waals surface area contributed by atoms with E-state index in [0.717, 1.165) is 12.2 Å². The lowest BCUT2D eigenvalue weighted by atomic mass is 10.2. The van der Waals surface area contributed by atoms with E-state index in [1.54, 1.807) is 0 Å². The molecule has 2 rings (SSSR count). The zero-order valence-electron chi connectivity index (χ0n) is 5.56. The van der Waals surface area contributed by atoms with Crippen LogP contribution in [0.15, 0.2) is 0 Å². The minimum absolute atomic E-state index is 0.426. The van der Waals surface area contributed by atoms with Gasteiger partial charge in [0.2, 0.25) is 0 Å². The van der Waals surface area contributed by atoms with Gasteiger partial charge in [-0.25, -0.2) is 0 Å². The Morgan fingerprint density at radius 2 is 2.60 bits per heavy atom. The fourth-order valence-electron chi connectivity index (χ4n) is 1.31. The largest absolute Gasteiger partial charge is 0.340 e. The molecular weight excluding hydrogens is 130 g/mol. The molecule has 1 aliphatic rings. The molecule has 0 spiro atoms. The fraction of sp³-hybridized carbons (Fsp3) is 0.800. The second-order valence-electron chi connectivity index (χ2n) is 2.51. The average molecular weight is 139 g/mol. The van der Waals surface area contributed by atoms with Crippen molar-refractivity contribution in [1.29, 1.82) is 0 Å². The van der Waals surface area contributed by atoms with Crippen molar-refractivity contribution in [1.82, 2.24) is 20.6 Å². The van der Waals surface area contributed by atoms with Gasteiger partial charge in [0.1, 0.15) is 6.04 Å². The molecule has 1 saturated heterocycles. The Morgan fingerprint density at radius 1 is 1.60 bits per heavy atom. The van der Waals surface area contributed by atoms with Gasteiger partial charge in [0.25, 0.3) is 0 Å². The third-order valence-electron chi connectivity index (χ3n) is 1.84. The monoisotopic (exact) mass is 139 g/mol. The highest BCUT2D eigenvalue weighted by atomic mass is 15.5. The van der Waals surface area contributed by atoms with E-state index in [0.29, 0.717) is 6.04 Å². The van der Waals surface area contributed by atoms with Gasteiger partial charge in [-0.15, -0.1) is 0 Å². The van der Waals surface area contributed by atoms with Crippen molar-refractivity contribution in [3.8, 4) is 0 Å². The number of aromatic nitrogens is 4. The highest BCUT2D eigenvalue weighted by Crippen LogP contribution is 2.10. The summed E-state index contributed by atoms with van der Waals surface area (Å²) in [7, 11) is 0. The topological polar surface area (TPSA) is 69.4 Å². The van der Waals surface area contributed by atoms with E-state index in [-0.39, 0.29) is 0 Å². The van der Waals surface area contributed by atoms with Gasteiger partial charge in [0, 0.05) is 12.8 Å². The van der Waals surface area contributed by atoms with Crippen LogP contribution < -0.4 is 10.4 Å². The summed E-state index contributed by atoms with van der Waals surface area (Å²) in [5, 5.41) is 16.7. The van der Waals surface area contributed by atoms with Crippen LogP contribution in [-0.4, -0.2) is 22.1 Å². The van der Waals surface area contributed by atoms with Crippen molar-refractivity contribution in [3.05, 3.63) is 5.82 Å². The van der Waals surface area contributed by atoms with E-state index >= 15 is 0 Å². The summed E-state index contributed by atoms with van der Waals surface area (Å²) in [6.45, 7) is 1.18. The lowest BCUT2D eigenvalue weighted by molar-refractivity contribution is -0.677. The molecule has 10 heavy (non-hydrogen) atoms. The second kappa shape index (κ2) is 2.34. The van der Waals surface area contributed by atoms with Crippen LogP contribution in [0.4, 0.5) is 0 Å². The Morgan fingerprint density at radius 3 is 3.20 bits per heavy atom. The fourth-order valence-corrected chi connectivity index (χ4v) is 1.31. The van der Waals surface area contributed by atoms with Gasteiger partial charge in [-0.3, -0.25) is 10.3 Å². The Labute approximate surface area is 58.2 Å². The highest BCUT2D eigenvalue weighted by Gasteiger charge is 2.18. The van der Waals surface area contributed by atoms with Crippen LogP contribution in [0.5, 0.6) is 0 Å². The molecule has 1 aromatic heterocycles. The van der Waals surface area contributed by atoms with Gasteiger partial charge >= 0.3 is 0 Å². The summed E-state index contributed by atoms with van der Waals surface area (Å²) in [5.41, 5.74) is 0. The first kappa shape index (κ1) is 5.79. The molecule has 1 atom stereocenters. The average Bonchev–Trinajstić information content (AvgIpc) is 2.59. The Bertz CT molecular complexity index is 188. The number of hydrogen-bond donors (Lipinski definition) is 1. The van der Waals surface area contributed by atoms with Crippen LogP contribution in [0.3, 0.4) is 0 Å². The molecule has 1 aliphatic heterocycles. The first-order valence-corrected chi connectivity index (χ1v) is 3.49. The van der Waals surface area contributed by atoms with E-state index < -0.39 is 0 Å². The van der Waals surface area contributed by atoms with Gasteiger partial charge in [-0.1, -0.05) is 0 Å². The molecule has 5 nitrogen and oxygen atoms in total. The molecule has 54 valence electrons. The number of nitrogens with zero attached hydrogens (tertiary/aromatic N) is 4. The smallest absolute Gasteiger partial charge is 0.118 e. The zero-order valence-corrected chi connectivity index (χ0v) is 5.56. The third-order valence-corrected chi connectivity index (χ3v) is 1.84. The Balaban J connectivity index is 2.12. The van der Waals surface area contributed by atoms with Crippen LogP contribution >= 0.6 is 0 Å². The summed E-state index contributed by atoms with van der Waals surface area (Å²) in [4.78, 5) is 0. The number of quaternary nitrogens is 1. The standard InChI is InChI=1S/C5H8N5/c1-2-4(6-3-1)5-7-9-10-8-5/h4,6H,1-3H2/q-1/p+1/t4-/m0/s1. The summed E-state index contributed by atoms with van der Waals surface area (Å²) in [5.74, 6) is 0.789. The molecule has 2 N–H and O–H groups in total. The quantitative estimate of drug-likeness (QED) is 0.499. The minimum Gasteiger partial charge on any atom is -0.340 e. The summed E-state index contributed by atoms with van der Waals surface area (Å²) < 4.78 is 0. The predicted octanol–water partition coefficient (Wildman–Crippen LogP) is -1.77. The number of hydrogen-bond acceptors (Lipinski definition) is 3. The maximum absolute atomic E-state index is 3.79. The van der Waals surface area contributed by atoms with Crippen LogP contribution in [-0.2, 0) is 0 Å². The minimum atomic E-state index is 0.426. The lowest BCUT2D eigenvalue weighted by Gasteiger charge is -2.03. The van der Waals surface area contributed by atoms with Crippen molar-refractivity contribution in [2.75, 3.05) is 6.54 Å². The van der Waals surface area contributed by atoms with Crippen molar-refractivity contribution in [3.63, 3.8) is 0 Å². The van der Waals surface area contributed by atoms with Crippen molar-refractivity contribution >= 4 is 0 Å². The molecule has 2 heterocycles. The molecular formula is C5H9N5. The molecule has 0 amide bonds. The number of nitrogens with two attached hydrogens (primary N) is 1. The molecule has 5 heteroatoms. The molecule has 0 bridgehead atoms. The van der Waals surface area contributed by atoms with Crippen molar-refractivity contribution in [2.24, 2.45) is 0 Å². The highest BCUT2D eigenvalue weighted by molar-refractivity contribution is 4.83. The summed E-state index contributed by atoms with van der Waals surface area (Å²) >= 11 is 0. The maximum Gasteiger partial charge on any atom is 0.118 e. The first-order chi connectivity index (χ1) is 4.97. The third kappa shape index (κ3) is 0.881. The second-order valence-corrected chi connectivity index (χ2v) is 2.51. The molecule has 0 aromatic carbocycles. The summed E-state index contributed by atoms with van der Waals surface area (Å²) in [6, 6.07) is 0.426. The number of tetrazole rings is 1. The Kier molecular flexibility index (Phi) is 1.35. The van der Waals surface area contributed by atoms with Gasteiger partial charge in [0.15, 0.2) is 0 Å². The normalized spacial score (nSPS) is 25.4. The van der Waals surface area contributed by atoms with Crippen LogP contribution in [0.2, 0.25) is 0 Å². The zero-order chi connectivity index (χ0) is 6.81. The van der Waals surface area contributed by atoms with Crippen LogP contribution in [0.1, 0.15) is 24.7 Å². The lowest BCUT2D eigenvalue weighted by Crippen LogP contribution is -2.82.